The van der Waals surface area contributed by atoms with Gasteiger partial charge in [0.15, 0.2) is 5.82 Å². The number of hydrogen-bond donors (Lipinski definition) is 0. The summed E-state index contributed by atoms with van der Waals surface area (Å²) in [7, 11) is 1.68. The van der Waals surface area contributed by atoms with Crippen molar-refractivity contribution in [3.8, 4) is 0 Å². The number of rotatable bonds is 6. The first-order valence-electron chi connectivity index (χ1n) is 9.69. The molecule has 7 nitrogen and oxygen atoms in total. The van der Waals surface area contributed by atoms with Crippen LogP contribution in [0.1, 0.15) is 25.3 Å². The number of aromatic nitrogens is 2. The lowest BCUT2D eigenvalue weighted by Crippen LogP contribution is -2.26. The molecule has 2 aliphatic rings. The van der Waals surface area contributed by atoms with Gasteiger partial charge in [-0.2, -0.15) is 0 Å². The Hall–Kier alpha value is -2.58. The fourth-order valence-corrected chi connectivity index (χ4v) is 4.56. The molecule has 8 heteroatoms. The molecule has 0 radical (unpaired) electrons. The molecule has 0 atom stereocenters. The van der Waals surface area contributed by atoms with Gasteiger partial charge in [0.05, 0.1) is 17.9 Å². The SMILES string of the molecule is CCOC(=O)C1=CN(Cc2ccc3c(c2)N(COC)c2nccnc2S3)CCC1. The number of esters is 1. The minimum absolute atomic E-state index is 0.208. The van der Waals surface area contributed by atoms with Crippen LogP contribution in [0.3, 0.4) is 0 Å². The lowest BCUT2D eigenvalue weighted by atomic mass is 10.1. The topological polar surface area (TPSA) is 67.8 Å². The Balaban J connectivity index is 1.58. The zero-order chi connectivity index (χ0) is 20.2. The highest BCUT2D eigenvalue weighted by molar-refractivity contribution is 7.99. The maximum absolute atomic E-state index is 12.1. The third-order valence-electron chi connectivity index (χ3n) is 4.83. The second-order valence-electron chi connectivity index (χ2n) is 6.88. The van der Waals surface area contributed by atoms with Crippen LogP contribution in [-0.2, 0) is 20.8 Å². The number of carbonyl (C=O) groups excluding carboxylic acids is 1. The van der Waals surface area contributed by atoms with E-state index in [2.05, 4.69) is 33.1 Å². The van der Waals surface area contributed by atoms with Crippen LogP contribution in [0.4, 0.5) is 11.5 Å². The predicted molar refractivity (Wildman–Crippen MR) is 111 cm³/mol. The van der Waals surface area contributed by atoms with Gasteiger partial charge in [0, 0.05) is 43.7 Å². The monoisotopic (exact) mass is 412 g/mol. The summed E-state index contributed by atoms with van der Waals surface area (Å²) in [6.45, 7) is 4.29. The van der Waals surface area contributed by atoms with Gasteiger partial charge in [-0.05, 0) is 37.5 Å². The molecule has 1 aromatic heterocycles. The first-order valence-corrected chi connectivity index (χ1v) is 10.5. The molecule has 0 spiro atoms. The molecule has 0 N–H and O–H groups in total. The van der Waals surface area contributed by atoms with E-state index in [4.69, 9.17) is 9.47 Å². The fraction of sp³-hybridized carbons (Fsp3) is 0.381. The van der Waals surface area contributed by atoms with Crippen LogP contribution in [0, 0.1) is 0 Å². The van der Waals surface area contributed by atoms with Crippen LogP contribution in [0.25, 0.3) is 0 Å². The summed E-state index contributed by atoms with van der Waals surface area (Å²) in [6, 6.07) is 6.42. The number of benzene rings is 1. The highest BCUT2D eigenvalue weighted by Crippen LogP contribution is 2.46. The standard InChI is InChI=1S/C21H24N4O3S/c1-3-28-21(26)16-5-4-10-24(13-16)12-15-6-7-18-17(11-15)25(14-27-2)19-20(29-18)23-9-8-22-19/h6-9,11,13H,3-5,10,12,14H2,1-2H3. The van der Waals surface area contributed by atoms with E-state index in [-0.39, 0.29) is 5.97 Å². The number of methoxy groups -OCH3 is 1. The average molecular weight is 413 g/mol. The van der Waals surface area contributed by atoms with Gasteiger partial charge >= 0.3 is 5.97 Å². The third kappa shape index (κ3) is 4.23. The van der Waals surface area contributed by atoms with Gasteiger partial charge in [0.1, 0.15) is 11.8 Å². The van der Waals surface area contributed by atoms with E-state index >= 15 is 0 Å². The number of fused-ring (bicyclic) bond motifs is 2. The molecule has 2 aliphatic heterocycles. The molecule has 4 rings (SSSR count). The van der Waals surface area contributed by atoms with Crippen molar-refractivity contribution in [3.05, 3.63) is 47.9 Å². The molecule has 0 saturated carbocycles. The van der Waals surface area contributed by atoms with Crippen LogP contribution < -0.4 is 4.90 Å². The molecule has 0 aliphatic carbocycles. The molecule has 0 unspecified atom stereocenters. The van der Waals surface area contributed by atoms with Gasteiger partial charge in [0.2, 0.25) is 0 Å². The van der Waals surface area contributed by atoms with E-state index < -0.39 is 0 Å². The average Bonchev–Trinajstić information content (AvgIpc) is 2.74. The summed E-state index contributed by atoms with van der Waals surface area (Å²) in [5, 5.41) is 0.878. The molecule has 0 fully saturated rings. The van der Waals surface area contributed by atoms with E-state index in [1.54, 1.807) is 31.3 Å². The van der Waals surface area contributed by atoms with Gasteiger partial charge in [-0.3, -0.25) is 4.90 Å². The van der Waals surface area contributed by atoms with Crippen LogP contribution in [0.5, 0.6) is 0 Å². The zero-order valence-electron chi connectivity index (χ0n) is 16.6. The van der Waals surface area contributed by atoms with Gasteiger partial charge in [-0.15, -0.1) is 0 Å². The van der Waals surface area contributed by atoms with Crippen LogP contribution in [-0.4, -0.2) is 47.8 Å². The first kappa shape index (κ1) is 19.7. The molecule has 152 valence electrons. The smallest absolute Gasteiger partial charge is 0.335 e. The van der Waals surface area contributed by atoms with Gasteiger partial charge in [-0.1, -0.05) is 17.8 Å². The van der Waals surface area contributed by atoms with Crippen molar-refractivity contribution >= 4 is 29.2 Å². The normalized spacial score (nSPS) is 15.4. The summed E-state index contributed by atoms with van der Waals surface area (Å²) in [6.07, 6.45) is 7.08. The quantitative estimate of drug-likeness (QED) is 0.665. The lowest BCUT2D eigenvalue weighted by Gasteiger charge is -2.31. The second-order valence-corrected chi connectivity index (χ2v) is 7.91. The Bertz CT molecular complexity index is 934. The molecular formula is C21H24N4O3S. The number of hydrogen-bond acceptors (Lipinski definition) is 8. The predicted octanol–water partition coefficient (Wildman–Crippen LogP) is 3.73. The zero-order valence-corrected chi connectivity index (χ0v) is 17.4. The fourth-order valence-electron chi connectivity index (χ4n) is 3.57. The van der Waals surface area contributed by atoms with Crippen LogP contribution in [0.2, 0.25) is 0 Å². The van der Waals surface area contributed by atoms with Gasteiger partial charge in [0.25, 0.3) is 0 Å². The minimum atomic E-state index is -0.208. The van der Waals surface area contributed by atoms with Gasteiger partial charge < -0.3 is 14.4 Å². The second kappa shape index (κ2) is 8.84. The lowest BCUT2D eigenvalue weighted by molar-refractivity contribution is -0.138. The summed E-state index contributed by atoms with van der Waals surface area (Å²) >= 11 is 1.62. The van der Waals surface area contributed by atoms with E-state index in [0.29, 0.717) is 13.3 Å². The Morgan fingerprint density at radius 3 is 2.97 bits per heavy atom. The van der Waals surface area contributed by atoms with Crippen molar-refractivity contribution in [1.29, 1.82) is 0 Å². The number of ether oxygens (including phenoxy) is 2. The molecule has 0 bridgehead atoms. The molecule has 29 heavy (non-hydrogen) atoms. The van der Waals surface area contributed by atoms with E-state index in [1.165, 1.54) is 5.56 Å². The van der Waals surface area contributed by atoms with Crippen molar-refractivity contribution in [1.82, 2.24) is 14.9 Å². The number of anilines is 2. The van der Waals surface area contributed by atoms with Crippen molar-refractivity contribution in [2.45, 2.75) is 36.2 Å². The maximum Gasteiger partial charge on any atom is 0.335 e. The first-order chi connectivity index (χ1) is 14.2. The molecule has 2 aromatic rings. The van der Waals surface area contributed by atoms with Crippen molar-refractivity contribution in [2.24, 2.45) is 0 Å². The highest BCUT2D eigenvalue weighted by atomic mass is 32.2. The molecule has 3 heterocycles. The number of carbonyl (C=O) groups is 1. The van der Waals surface area contributed by atoms with Crippen molar-refractivity contribution < 1.29 is 14.3 Å². The largest absolute Gasteiger partial charge is 0.463 e. The molecule has 1 aromatic carbocycles. The highest BCUT2D eigenvalue weighted by Gasteiger charge is 2.26. The van der Waals surface area contributed by atoms with Crippen molar-refractivity contribution in [2.75, 3.05) is 31.9 Å². The summed E-state index contributed by atoms with van der Waals surface area (Å²) in [5.41, 5.74) is 2.98. The molecular weight excluding hydrogens is 388 g/mol. The Kier molecular flexibility index (Phi) is 6.01. The summed E-state index contributed by atoms with van der Waals surface area (Å²) < 4.78 is 10.6. The van der Waals surface area contributed by atoms with Crippen molar-refractivity contribution in [3.63, 3.8) is 0 Å². The Labute approximate surface area is 174 Å². The third-order valence-corrected chi connectivity index (χ3v) is 5.88. The molecule has 0 saturated heterocycles. The maximum atomic E-state index is 12.1. The number of nitrogens with zero attached hydrogens (tertiary/aromatic N) is 4. The summed E-state index contributed by atoms with van der Waals surface area (Å²) in [4.78, 5) is 26.4. The Morgan fingerprint density at radius 2 is 2.14 bits per heavy atom. The summed E-state index contributed by atoms with van der Waals surface area (Å²) in [5.74, 6) is 0.604. The van der Waals surface area contributed by atoms with E-state index in [9.17, 15) is 4.79 Å². The van der Waals surface area contributed by atoms with Crippen LogP contribution in [0.15, 0.2) is 52.3 Å². The van der Waals surface area contributed by atoms with E-state index in [1.807, 2.05) is 18.0 Å². The minimum Gasteiger partial charge on any atom is -0.463 e. The Morgan fingerprint density at radius 1 is 1.28 bits per heavy atom. The molecule has 0 amide bonds. The van der Waals surface area contributed by atoms with Gasteiger partial charge in [-0.25, -0.2) is 14.8 Å². The van der Waals surface area contributed by atoms with Crippen LogP contribution >= 0.6 is 11.8 Å². The van der Waals surface area contributed by atoms with E-state index in [0.717, 1.165) is 52.9 Å².